The lowest BCUT2D eigenvalue weighted by atomic mass is 10.2. The van der Waals surface area contributed by atoms with Gasteiger partial charge in [-0.25, -0.2) is 0 Å². The topological polar surface area (TPSA) is 56.7 Å². The predicted octanol–water partition coefficient (Wildman–Crippen LogP) is 1.86. The summed E-state index contributed by atoms with van der Waals surface area (Å²) in [5.74, 6) is 0.246. The fourth-order valence-electron chi connectivity index (χ4n) is 2.22. The third-order valence-electron chi connectivity index (χ3n) is 3.38. The molecule has 0 aliphatic carbocycles. The van der Waals surface area contributed by atoms with Crippen molar-refractivity contribution < 1.29 is 4.79 Å². The summed E-state index contributed by atoms with van der Waals surface area (Å²) < 4.78 is 0. The first kappa shape index (κ1) is 14.4. The van der Waals surface area contributed by atoms with E-state index in [-0.39, 0.29) is 11.9 Å². The molecule has 0 spiro atoms. The Bertz CT molecular complexity index is 491. The number of benzene rings is 1. The molecule has 1 aromatic rings. The molecule has 2 rings (SSSR count). The highest BCUT2D eigenvalue weighted by atomic mass is 16.2. The highest BCUT2D eigenvalue weighted by Crippen LogP contribution is 2.17. The Morgan fingerprint density at radius 1 is 1.35 bits per heavy atom. The molecule has 1 aliphatic heterocycles. The summed E-state index contributed by atoms with van der Waals surface area (Å²) in [5, 5.41) is 5.91. The van der Waals surface area contributed by atoms with Gasteiger partial charge in [-0.3, -0.25) is 9.79 Å². The molecule has 2 N–H and O–H groups in total. The number of amidine groups is 1. The zero-order valence-electron chi connectivity index (χ0n) is 12.3. The molecule has 108 valence electrons. The number of carbonyl (C=O) groups is 1. The van der Waals surface area contributed by atoms with Crippen LogP contribution in [0.5, 0.6) is 0 Å². The van der Waals surface area contributed by atoms with Gasteiger partial charge in [0.2, 0.25) is 0 Å². The Balaban J connectivity index is 1.99. The molecule has 1 aromatic carbocycles. The van der Waals surface area contributed by atoms with E-state index in [0.29, 0.717) is 12.4 Å². The normalized spacial score (nSPS) is 17.4. The van der Waals surface area contributed by atoms with Crippen LogP contribution in [-0.4, -0.2) is 37.4 Å². The summed E-state index contributed by atoms with van der Waals surface area (Å²) in [6.45, 7) is 8.86. The largest absolute Gasteiger partial charge is 0.372 e. The first-order valence-electron chi connectivity index (χ1n) is 7.11. The van der Waals surface area contributed by atoms with Crippen LogP contribution < -0.4 is 15.5 Å². The van der Waals surface area contributed by atoms with Gasteiger partial charge in [0, 0.05) is 30.5 Å². The van der Waals surface area contributed by atoms with Gasteiger partial charge in [-0.1, -0.05) is 0 Å². The second kappa shape index (κ2) is 6.41. The molecule has 0 saturated heterocycles. The van der Waals surface area contributed by atoms with Gasteiger partial charge in [0.05, 0.1) is 6.54 Å². The van der Waals surface area contributed by atoms with Gasteiger partial charge in [-0.15, -0.1) is 0 Å². The van der Waals surface area contributed by atoms with Crippen LogP contribution in [0.4, 0.5) is 11.4 Å². The van der Waals surface area contributed by atoms with Crippen LogP contribution in [-0.2, 0) is 4.79 Å². The molecule has 5 heteroatoms. The van der Waals surface area contributed by atoms with E-state index >= 15 is 0 Å². The van der Waals surface area contributed by atoms with E-state index in [1.165, 1.54) is 0 Å². The van der Waals surface area contributed by atoms with Crippen molar-refractivity contribution in [3.63, 3.8) is 0 Å². The minimum atomic E-state index is -0.176. The smallest absolute Gasteiger partial charge is 0.290 e. The van der Waals surface area contributed by atoms with Gasteiger partial charge in [0.15, 0.2) is 5.84 Å². The number of aliphatic imine (C=N–C) groups is 1. The Morgan fingerprint density at radius 2 is 2.00 bits per heavy atom. The highest BCUT2D eigenvalue weighted by molar-refractivity contribution is 6.42. The predicted molar refractivity (Wildman–Crippen MR) is 83.5 cm³/mol. The molecule has 5 nitrogen and oxygen atoms in total. The number of amides is 1. The van der Waals surface area contributed by atoms with Crippen molar-refractivity contribution in [1.82, 2.24) is 5.32 Å². The maximum Gasteiger partial charge on any atom is 0.290 e. The Hall–Kier alpha value is -2.04. The Kier molecular flexibility index (Phi) is 4.61. The van der Waals surface area contributed by atoms with Crippen molar-refractivity contribution in [3.8, 4) is 0 Å². The Morgan fingerprint density at radius 3 is 2.50 bits per heavy atom. The van der Waals surface area contributed by atoms with E-state index in [1.54, 1.807) is 0 Å². The number of nitrogens with zero attached hydrogens (tertiary/aromatic N) is 2. The van der Waals surface area contributed by atoms with Crippen molar-refractivity contribution in [3.05, 3.63) is 24.3 Å². The molecular formula is C15H22N4O. The molecule has 1 heterocycles. The van der Waals surface area contributed by atoms with Crippen LogP contribution in [0.1, 0.15) is 20.8 Å². The first-order valence-corrected chi connectivity index (χ1v) is 7.11. The molecule has 0 saturated carbocycles. The van der Waals surface area contributed by atoms with Crippen LogP contribution in [0.3, 0.4) is 0 Å². The number of hydrogen-bond donors (Lipinski definition) is 2. The number of anilines is 2. The summed E-state index contributed by atoms with van der Waals surface area (Å²) in [5.41, 5.74) is 1.95. The summed E-state index contributed by atoms with van der Waals surface area (Å²) >= 11 is 0. The molecule has 20 heavy (non-hydrogen) atoms. The van der Waals surface area contributed by atoms with Gasteiger partial charge in [0.1, 0.15) is 0 Å². The highest BCUT2D eigenvalue weighted by Gasteiger charge is 2.19. The second-order valence-corrected chi connectivity index (χ2v) is 4.91. The monoisotopic (exact) mass is 274 g/mol. The standard InChI is InChI=1S/C15H22N4O/c1-4-19(5-2)13-8-6-12(7-9-13)18-15(20)14-16-10-11(3)17-14/h6-9,11H,4-5,10H2,1-3H3,(H,16,17)(H,18,20). The number of carbonyl (C=O) groups excluding carboxylic acids is 1. The molecule has 1 unspecified atom stereocenters. The van der Waals surface area contributed by atoms with E-state index in [0.717, 1.165) is 24.5 Å². The van der Waals surface area contributed by atoms with E-state index in [4.69, 9.17) is 0 Å². The number of nitrogens with one attached hydrogen (secondary N) is 2. The van der Waals surface area contributed by atoms with Crippen LogP contribution in [0, 0.1) is 0 Å². The summed E-state index contributed by atoms with van der Waals surface area (Å²) in [6.07, 6.45) is 0. The lowest BCUT2D eigenvalue weighted by Crippen LogP contribution is -2.36. The molecule has 1 atom stereocenters. The fourth-order valence-corrected chi connectivity index (χ4v) is 2.22. The quantitative estimate of drug-likeness (QED) is 0.861. The van der Waals surface area contributed by atoms with E-state index < -0.39 is 0 Å². The molecule has 1 aliphatic rings. The SMILES string of the molecule is CCN(CC)c1ccc(NC(=O)C2=NCC(C)N2)cc1. The summed E-state index contributed by atoms with van der Waals surface area (Å²) in [7, 11) is 0. The molecule has 0 radical (unpaired) electrons. The third-order valence-corrected chi connectivity index (χ3v) is 3.38. The van der Waals surface area contributed by atoms with Gasteiger partial charge >= 0.3 is 0 Å². The van der Waals surface area contributed by atoms with Crippen molar-refractivity contribution in [2.24, 2.45) is 4.99 Å². The zero-order chi connectivity index (χ0) is 14.5. The van der Waals surface area contributed by atoms with Crippen LogP contribution >= 0.6 is 0 Å². The van der Waals surface area contributed by atoms with Crippen LogP contribution in [0.15, 0.2) is 29.3 Å². The Labute approximate surface area is 120 Å². The lowest BCUT2D eigenvalue weighted by Gasteiger charge is -2.21. The molecule has 0 fully saturated rings. The number of hydrogen-bond acceptors (Lipinski definition) is 4. The average molecular weight is 274 g/mol. The lowest BCUT2D eigenvalue weighted by molar-refractivity contribution is -0.110. The average Bonchev–Trinajstić information content (AvgIpc) is 2.89. The van der Waals surface area contributed by atoms with Gasteiger partial charge in [-0.2, -0.15) is 0 Å². The van der Waals surface area contributed by atoms with Gasteiger partial charge in [-0.05, 0) is 45.0 Å². The van der Waals surface area contributed by atoms with Gasteiger partial charge < -0.3 is 15.5 Å². The van der Waals surface area contributed by atoms with Gasteiger partial charge in [0.25, 0.3) is 5.91 Å². The van der Waals surface area contributed by atoms with Crippen molar-refractivity contribution in [2.75, 3.05) is 29.9 Å². The van der Waals surface area contributed by atoms with Crippen LogP contribution in [0.25, 0.3) is 0 Å². The number of rotatable bonds is 5. The minimum Gasteiger partial charge on any atom is -0.372 e. The van der Waals surface area contributed by atoms with Crippen molar-refractivity contribution in [1.29, 1.82) is 0 Å². The van der Waals surface area contributed by atoms with Crippen LogP contribution in [0.2, 0.25) is 0 Å². The first-order chi connectivity index (χ1) is 9.63. The van der Waals surface area contributed by atoms with Crippen molar-refractivity contribution in [2.45, 2.75) is 26.8 Å². The molecular weight excluding hydrogens is 252 g/mol. The minimum absolute atomic E-state index is 0.176. The third kappa shape index (κ3) is 3.29. The zero-order valence-corrected chi connectivity index (χ0v) is 12.3. The van der Waals surface area contributed by atoms with Crippen molar-refractivity contribution >= 4 is 23.1 Å². The summed E-state index contributed by atoms with van der Waals surface area (Å²) in [4.78, 5) is 18.4. The summed E-state index contributed by atoms with van der Waals surface area (Å²) in [6, 6.07) is 8.12. The van der Waals surface area contributed by atoms with E-state index in [9.17, 15) is 4.79 Å². The molecule has 0 aromatic heterocycles. The molecule has 1 amide bonds. The fraction of sp³-hybridized carbons (Fsp3) is 0.467. The van der Waals surface area contributed by atoms with E-state index in [2.05, 4.69) is 34.4 Å². The maximum absolute atomic E-state index is 12.0. The van der Waals surface area contributed by atoms with E-state index in [1.807, 2.05) is 31.2 Å². The maximum atomic E-state index is 12.0. The second-order valence-electron chi connectivity index (χ2n) is 4.91. The molecule has 0 bridgehead atoms.